The molecule has 120 valence electrons. The van der Waals surface area contributed by atoms with Crippen LogP contribution in [0.3, 0.4) is 0 Å². The van der Waals surface area contributed by atoms with Gasteiger partial charge in [-0.1, -0.05) is 12.2 Å². The first-order valence-electron chi connectivity index (χ1n) is 9.78. The summed E-state index contributed by atoms with van der Waals surface area (Å²) in [5.74, 6) is 8.40. The number of thioether (sulfide) groups is 1. The van der Waals surface area contributed by atoms with Gasteiger partial charge in [0.25, 0.3) is 0 Å². The minimum absolute atomic E-state index is 0.752. The summed E-state index contributed by atoms with van der Waals surface area (Å²) < 4.78 is 0. The van der Waals surface area contributed by atoms with Gasteiger partial charge in [-0.05, 0) is 92.3 Å². The first-order valence-corrected chi connectivity index (χ1v) is 11.2. The van der Waals surface area contributed by atoms with Gasteiger partial charge in [0.1, 0.15) is 0 Å². The summed E-state index contributed by atoms with van der Waals surface area (Å²) in [6, 6.07) is 0. The van der Waals surface area contributed by atoms with Crippen molar-refractivity contribution in [2.75, 3.05) is 0 Å². The second kappa shape index (κ2) is 4.75. The fraction of sp³-hybridized carbons (Fsp3) is 0.900. The van der Waals surface area contributed by atoms with Crippen molar-refractivity contribution >= 4 is 24.4 Å². The molecule has 5 saturated carbocycles. The highest BCUT2D eigenvalue weighted by Crippen LogP contribution is 2.64. The number of rotatable bonds is 2. The Hall–Kier alpha value is 0.440. The summed E-state index contributed by atoms with van der Waals surface area (Å²) in [5.41, 5.74) is 0. The van der Waals surface area contributed by atoms with Crippen LogP contribution >= 0.6 is 24.4 Å². The molecule has 6 aliphatic rings. The third kappa shape index (κ3) is 1.75. The number of allylic oxidation sites excluding steroid dienone is 2. The van der Waals surface area contributed by atoms with Crippen molar-refractivity contribution in [3.8, 4) is 0 Å². The van der Waals surface area contributed by atoms with Crippen molar-refractivity contribution in [3.05, 3.63) is 12.2 Å². The Morgan fingerprint density at radius 1 is 0.773 bits per heavy atom. The summed E-state index contributed by atoms with van der Waals surface area (Å²) in [7, 11) is 0. The molecule has 0 aromatic carbocycles. The highest BCUT2D eigenvalue weighted by molar-refractivity contribution is 8.00. The monoisotopic (exact) mass is 332 g/mol. The van der Waals surface area contributed by atoms with Crippen molar-refractivity contribution in [1.82, 2.24) is 0 Å². The molecule has 6 rings (SSSR count). The van der Waals surface area contributed by atoms with Gasteiger partial charge in [0.05, 0.1) is 0 Å². The zero-order chi connectivity index (χ0) is 14.4. The van der Waals surface area contributed by atoms with Crippen LogP contribution in [0.2, 0.25) is 0 Å². The van der Waals surface area contributed by atoms with Gasteiger partial charge in [-0.2, -0.15) is 24.4 Å². The van der Waals surface area contributed by atoms with E-state index < -0.39 is 0 Å². The Labute approximate surface area is 144 Å². The number of thiol groups is 1. The summed E-state index contributed by atoms with van der Waals surface area (Å²) in [4.78, 5) is 0. The SMILES string of the molecule is SC1CC2CC1C1CC(SC3CC4CC3C3C=CCC43)CC21. The summed E-state index contributed by atoms with van der Waals surface area (Å²) in [6.07, 6.45) is 15.7. The van der Waals surface area contributed by atoms with Crippen LogP contribution in [0.4, 0.5) is 0 Å². The molecule has 0 aromatic heterocycles. The predicted molar refractivity (Wildman–Crippen MR) is 97.3 cm³/mol. The van der Waals surface area contributed by atoms with Crippen LogP contribution in [0.15, 0.2) is 12.2 Å². The second-order valence-corrected chi connectivity index (χ2v) is 11.6. The van der Waals surface area contributed by atoms with Crippen LogP contribution in [0.25, 0.3) is 0 Å². The van der Waals surface area contributed by atoms with Crippen molar-refractivity contribution in [1.29, 1.82) is 0 Å². The molecule has 4 bridgehead atoms. The molecule has 22 heavy (non-hydrogen) atoms. The topological polar surface area (TPSA) is 0 Å². The molecule has 0 nitrogen and oxygen atoms in total. The van der Waals surface area contributed by atoms with Gasteiger partial charge in [-0.15, -0.1) is 0 Å². The second-order valence-electron chi connectivity index (χ2n) is 9.36. The Morgan fingerprint density at radius 3 is 2.55 bits per heavy atom. The van der Waals surface area contributed by atoms with Gasteiger partial charge in [0.2, 0.25) is 0 Å². The van der Waals surface area contributed by atoms with Crippen molar-refractivity contribution in [2.24, 2.45) is 47.3 Å². The van der Waals surface area contributed by atoms with Gasteiger partial charge in [0, 0.05) is 15.7 Å². The lowest BCUT2D eigenvalue weighted by molar-refractivity contribution is 0.267. The molecule has 0 amide bonds. The Morgan fingerprint density at radius 2 is 1.59 bits per heavy atom. The van der Waals surface area contributed by atoms with Gasteiger partial charge in [-0.3, -0.25) is 0 Å². The van der Waals surface area contributed by atoms with E-state index in [9.17, 15) is 0 Å². The van der Waals surface area contributed by atoms with E-state index in [0.717, 1.165) is 63.1 Å². The molecule has 5 fully saturated rings. The van der Waals surface area contributed by atoms with Gasteiger partial charge in [-0.25, -0.2) is 0 Å². The lowest BCUT2D eigenvalue weighted by Crippen LogP contribution is -2.27. The van der Waals surface area contributed by atoms with E-state index >= 15 is 0 Å². The molecule has 0 spiro atoms. The van der Waals surface area contributed by atoms with Crippen LogP contribution in [-0.4, -0.2) is 15.7 Å². The van der Waals surface area contributed by atoms with Crippen LogP contribution < -0.4 is 0 Å². The number of hydrogen-bond acceptors (Lipinski definition) is 2. The van der Waals surface area contributed by atoms with Gasteiger partial charge in [0.15, 0.2) is 0 Å². The average Bonchev–Trinajstić information content (AvgIpc) is 3.26. The van der Waals surface area contributed by atoms with E-state index in [-0.39, 0.29) is 0 Å². The fourth-order valence-electron chi connectivity index (χ4n) is 7.98. The molecule has 0 radical (unpaired) electrons. The van der Waals surface area contributed by atoms with E-state index in [0.29, 0.717) is 0 Å². The largest absolute Gasteiger partial charge is 0.176 e. The third-order valence-electron chi connectivity index (χ3n) is 8.70. The summed E-state index contributed by atoms with van der Waals surface area (Å²) in [5, 5.41) is 2.77. The highest BCUT2D eigenvalue weighted by Gasteiger charge is 2.57. The van der Waals surface area contributed by atoms with Crippen LogP contribution in [-0.2, 0) is 0 Å². The quantitative estimate of drug-likeness (QED) is 0.545. The zero-order valence-electron chi connectivity index (χ0n) is 13.3. The van der Waals surface area contributed by atoms with Gasteiger partial charge >= 0.3 is 0 Å². The Balaban J connectivity index is 1.15. The maximum Gasteiger partial charge on any atom is 0.00866 e. The summed E-state index contributed by atoms with van der Waals surface area (Å²) in [6.45, 7) is 0. The lowest BCUT2D eigenvalue weighted by Gasteiger charge is -2.32. The molecular formula is C20H28S2. The van der Waals surface area contributed by atoms with E-state index in [1.807, 2.05) is 0 Å². The normalized spacial score (nSPS) is 63.8. The smallest absolute Gasteiger partial charge is 0.00866 e. The molecule has 0 saturated heterocycles. The van der Waals surface area contributed by atoms with E-state index in [1.54, 1.807) is 25.7 Å². The van der Waals surface area contributed by atoms with Crippen molar-refractivity contribution in [2.45, 2.75) is 60.7 Å². The molecule has 2 heteroatoms. The molecule has 0 N–H and O–H groups in total. The standard InChI is InChI=1S/C20H28S2/c21-19-6-10-4-17(19)16-9-12(8-15(10)16)22-20-7-11-5-18(20)14-3-1-2-13(11)14/h1,3,10-21H,2,4-9H2. The average molecular weight is 333 g/mol. The van der Waals surface area contributed by atoms with Crippen molar-refractivity contribution < 1.29 is 0 Å². The van der Waals surface area contributed by atoms with Crippen LogP contribution in [0, 0.1) is 47.3 Å². The summed E-state index contributed by atoms with van der Waals surface area (Å²) >= 11 is 7.35. The van der Waals surface area contributed by atoms with E-state index in [2.05, 4.69) is 23.9 Å². The number of hydrogen-bond donors (Lipinski definition) is 1. The van der Waals surface area contributed by atoms with E-state index in [4.69, 9.17) is 12.6 Å². The first kappa shape index (κ1) is 13.7. The maximum absolute atomic E-state index is 4.89. The molecule has 0 aromatic rings. The number of fused-ring (bicyclic) bond motifs is 10. The Kier molecular flexibility index (Phi) is 2.96. The van der Waals surface area contributed by atoms with Crippen LogP contribution in [0.5, 0.6) is 0 Å². The fourth-order valence-corrected chi connectivity index (χ4v) is 10.6. The lowest BCUT2D eigenvalue weighted by atomic mass is 9.81. The highest BCUT2D eigenvalue weighted by atomic mass is 32.2. The minimum Gasteiger partial charge on any atom is -0.176 e. The van der Waals surface area contributed by atoms with Crippen LogP contribution in [0.1, 0.15) is 44.9 Å². The Bertz CT molecular complexity index is 514. The third-order valence-corrected chi connectivity index (χ3v) is 11.0. The maximum atomic E-state index is 4.89. The van der Waals surface area contributed by atoms with Crippen molar-refractivity contribution in [3.63, 3.8) is 0 Å². The predicted octanol–water partition coefficient (Wildman–Crippen LogP) is 5.05. The van der Waals surface area contributed by atoms with E-state index in [1.165, 1.54) is 19.3 Å². The van der Waals surface area contributed by atoms with Gasteiger partial charge < -0.3 is 0 Å². The molecule has 0 aliphatic heterocycles. The zero-order valence-corrected chi connectivity index (χ0v) is 15.0. The minimum atomic E-state index is 0.752. The first-order chi connectivity index (χ1) is 10.8. The molecular weight excluding hydrogens is 304 g/mol. The molecule has 6 aliphatic carbocycles. The molecule has 11 unspecified atom stereocenters. The molecule has 0 heterocycles. The molecule has 11 atom stereocenters.